The Labute approximate surface area is 212 Å². The van der Waals surface area contributed by atoms with E-state index in [1.54, 1.807) is 23.5 Å². The lowest BCUT2D eigenvalue weighted by atomic mass is 10.0. The Kier molecular flexibility index (Phi) is 6.80. The standard InChI is InChI=1S/C26H27FN6O2S/c1-15-30-23-21(36-15)10-9-18(24(23)33(2)16-6-5-12-28-14-16)32-26(34)19-11-13-29-25(31-19)22-17(27)7-4-8-20(22)35-3/h4,7-11,13,16,28H,5-6,12,14H2,1-3H3,(H,32,34)/t16-/m1/s1. The lowest BCUT2D eigenvalue weighted by Gasteiger charge is -2.34. The summed E-state index contributed by atoms with van der Waals surface area (Å²) in [4.78, 5) is 28.9. The Morgan fingerprint density at radius 2 is 2.11 bits per heavy atom. The minimum absolute atomic E-state index is 0.0776. The molecule has 0 saturated carbocycles. The molecule has 0 bridgehead atoms. The highest BCUT2D eigenvalue weighted by atomic mass is 32.1. The molecule has 1 aliphatic heterocycles. The van der Waals surface area contributed by atoms with Crippen LogP contribution in [0.25, 0.3) is 21.6 Å². The van der Waals surface area contributed by atoms with Crippen LogP contribution in [0.15, 0.2) is 42.6 Å². The molecule has 2 aromatic heterocycles. The number of anilines is 2. The normalized spacial score (nSPS) is 15.6. The zero-order valence-electron chi connectivity index (χ0n) is 20.3. The number of piperidine rings is 1. The Morgan fingerprint density at radius 3 is 2.89 bits per heavy atom. The molecular formula is C26H27FN6O2S. The highest BCUT2D eigenvalue weighted by molar-refractivity contribution is 7.18. The van der Waals surface area contributed by atoms with Crippen LogP contribution in [0.2, 0.25) is 0 Å². The summed E-state index contributed by atoms with van der Waals surface area (Å²) in [5.74, 6) is -0.575. The monoisotopic (exact) mass is 506 g/mol. The van der Waals surface area contributed by atoms with Gasteiger partial charge in [-0.1, -0.05) is 6.07 Å². The second-order valence-corrected chi connectivity index (χ2v) is 9.92. The van der Waals surface area contributed by atoms with Gasteiger partial charge in [0.15, 0.2) is 5.82 Å². The van der Waals surface area contributed by atoms with E-state index in [9.17, 15) is 9.18 Å². The Bertz CT molecular complexity index is 1420. The van der Waals surface area contributed by atoms with Crippen molar-refractivity contribution < 1.29 is 13.9 Å². The number of fused-ring (bicyclic) bond motifs is 1. The zero-order chi connectivity index (χ0) is 25.2. The maximum Gasteiger partial charge on any atom is 0.274 e. The van der Waals surface area contributed by atoms with Crippen molar-refractivity contribution in [3.63, 3.8) is 0 Å². The zero-order valence-corrected chi connectivity index (χ0v) is 21.2. The van der Waals surface area contributed by atoms with Crippen LogP contribution in [-0.4, -0.2) is 54.1 Å². The van der Waals surface area contributed by atoms with Crippen molar-refractivity contribution in [3.05, 3.63) is 59.1 Å². The molecule has 186 valence electrons. The molecule has 5 rings (SSSR count). The molecule has 36 heavy (non-hydrogen) atoms. The summed E-state index contributed by atoms with van der Waals surface area (Å²) in [7, 11) is 3.50. The first-order chi connectivity index (χ1) is 17.5. The number of hydrogen-bond donors (Lipinski definition) is 2. The van der Waals surface area contributed by atoms with Gasteiger partial charge in [-0.15, -0.1) is 11.3 Å². The van der Waals surface area contributed by atoms with E-state index in [1.165, 1.54) is 25.4 Å². The minimum Gasteiger partial charge on any atom is -0.496 e. The van der Waals surface area contributed by atoms with Gasteiger partial charge >= 0.3 is 0 Å². The number of aryl methyl sites for hydroxylation is 1. The van der Waals surface area contributed by atoms with Gasteiger partial charge in [-0.25, -0.2) is 19.3 Å². The molecular weight excluding hydrogens is 479 g/mol. The van der Waals surface area contributed by atoms with E-state index in [2.05, 4.69) is 25.5 Å². The number of carbonyl (C=O) groups is 1. The van der Waals surface area contributed by atoms with Gasteiger partial charge < -0.3 is 20.3 Å². The number of hydrogen-bond acceptors (Lipinski definition) is 8. The molecule has 2 N–H and O–H groups in total. The number of thiazole rings is 1. The van der Waals surface area contributed by atoms with Crippen LogP contribution in [0.1, 0.15) is 28.3 Å². The quantitative estimate of drug-likeness (QED) is 0.393. The molecule has 3 heterocycles. The summed E-state index contributed by atoms with van der Waals surface area (Å²) >= 11 is 1.62. The fourth-order valence-electron chi connectivity index (χ4n) is 4.58. The first-order valence-corrected chi connectivity index (χ1v) is 12.6. The lowest BCUT2D eigenvalue weighted by molar-refractivity contribution is 0.102. The number of nitrogens with zero attached hydrogens (tertiary/aromatic N) is 4. The number of carbonyl (C=O) groups excluding carboxylic acids is 1. The molecule has 8 nitrogen and oxygen atoms in total. The van der Waals surface area contributed by atoms with Crippen molar-refractivity contribution in [1.29, 1.82) is 0 Å². The van der Waals surface area contributed by atoms with Gasteiger partial charge in [0, 0.05) is 25.8 Å². The van der Waals surface area contributed by atoms with Crippen molar-refractivity contribution >= 4 is 38.8 Å². The number of likely N-dealkylation sites (N-methyl/N-ethyl adjacent to an activating group) is 1. The second-order valence-electron chi connectivity index (χ2n) is 8.69. The third-order valence-corrected chi connectivity index (χ3v) is 7.30. The van der Waals surface area contributed by atoms with Crippen LogP contribution in [-0.2, 0) is 0 Å². The first kappa shape index (κ1) is 24.1. The summed E-state index contributed by atoms with van der Waals surface area (Å²) in [6.07, 6.45) is 3.58. The van der Waals surface area contributed by atoms with Crippen LogP contribution in [0.4, 0.5) is 15.8 Å². The number of halogens is 1. The number of methoxy groups -OCH3 is 1. The van der Waals surface area contributed by atoms with Crippen LogP contribution >= 0.6 is 11.3 Å². The molecule has 1 atom stereocenters. The number of amides is 1. The van der Waals surface area contributed by atoms with Crippen molar-refractivity contribution in [2.24, 2.45) is 0 Å². The van der Waals surface area contributed by atoms with E-state index >= 15 is 0 Å². The van der Waals surface area contributed by atoms with E-state index in [-0.39, 0.29) is 23.1 Å². The van der Waals surface area contributed by atoms with Gasteiger partial charge in [-0.2, -0.15) is 0 Å². The van der Waals surface area contributed by atoms with Gasteiger partial charge in [0.2, 0.25) is 0 Å². The summed E-state index contributed by atoms with van der Waals surface area (Å²) in [6, 6.07) is 10.1. The highest BCUT2D eigenvalue weighted by Crippen LogP contribution is 2.38. The number of nitrogens with one attached hydrogen (secondary N) is 2. The highest BCUT2D eigenvalue weighted by Gasteiger charge is 2.25. The number of aromatic nitrogens is 3. The van der Waals surface area contributed by atoms with Crippen LogP contribution in [0.3, 0.4) is 0 Å². The number of benzene rings is 2. The average Bonchev–Trinajstić information content (AvgIpc) is 3.28. The molecule has 1 saturated heterocycles. The van der Waals surface area contributed by atoms with Crippen LogP contribution in [0.5, 0.6) is 5.75 Å². The van der Waals surface area contributed by atoms with Crippen LogP contribution in [0, 0.1) is 12.7 Å². The molecule has 0 spiro atoms. The van der Waals surface area contributed by atoms with Gasteiger partial charge in [0.25, 0.3) is 5.91 Å². The van der Waals surface area contributed by atoms with E-state index in [4.69, 9.17) is 9.72 Å². The predicted molar refractivity (Wildman–Crippen MR) is 141 cm³/mol. The number of ether oxygens (including phenoxy) is 1. The Balaban J connectivity index is 1.51. The van der Waals surface area contributed by atoms with E-state index in [1.807, 2.05) is 26.1 Å². The van der Waals surface area contributed by atoms with Crippen molar-refractivity contribution in [1.82, 2.24) is 20.3 Å². The molecule has 0 radical (unpaired) electrons. The largest absolute Gasteiger partial charge is 0.496 e. The summed E-state index contributed by atoms with van der Waals surface area (Å²) in [5, 5.41) is 7.44. The Morgan fingerprint density at radius 1 is 1.25 bits per heavy atom. The average molecular weight is 507 g/mol. The molecule has 1 fully saturated rings. The first-order valence-electron chi connectivity index (χ1n) is 11.8. The van der Waals surface area contributed by atoms with Gasteiger partial charge in [0.1, 0.15) is 22.8 Å². The molecule has 1 aliphatic rings. The molecule has 1 amide bonds. The van der Waals surface area contributed by atoms with E-state index in [0.717, 1.165) is 46.8 Å². The Hall–Kier alpha value is -3.63. The summed E-state index contributed by atoms with van der Waals surface area (Å²) in [5.41, 5.74) is 2.62. The molecule has 10 heteroatoms. The topological polar surface area (TPSA) is 92.3 Å². The molecule has 2 aromatic carbocycles. The predicted octanol–water partition coefficient (Wildman–Crippen LogP) is 4.65. The lowest BCUT2D eigenvalue weighted by Crippen LogP contribution is -2.44. The van der Waals surface area contributed by atoms with Gasteiger partial charge in [-0.05, 0) is 56.6 Å². The maximum atomic E-state index is 14.6. The second kappa shape index (κ2) is 10.2. The van der Waals surface area contributed by atoms with E-state index in [0.29, 0.717) is 11.4 Å². The van der Waals surface area contributed by atoms with E-state index < -0.39 is 11.7 Å². The summed E-state index contributed by atoms with van der Waals surface area (Å²) in [6.45, 7) is 3.86. The molecule has 0 unspecified atom stereocenters. The fourth-order valence-corrected chi connectivity index (χ4v) is 5.41. The SMILES string of the molecule is COc1cccc(F)c1-c1nccc(C(=O)Nc2ccc3sc(C)nc3c2N(C)[C@@H]2CCCNC2)n1. The van der Waals surface area contributed by atoms with Crippen molar-refractivity contribution in [2.45, 2.75) is 25.8 Å². The fraction of sp³-hybridized carbons (Fsp3) is 0.308. The smallest absolute Gasteiger partial charge is 0.274 e. The number of rotatable bonds is 6. The third-order valence-electron chi connectivity index (χ3n) is 6.37. The van der Waals surface area contributed by atoms with Gasteiger partial charge in [-0.3, -0.25) is 4.79 Å². The third kappa shape index (κ3) is 4.61. The van der Waals surface area contributed by atoms with Gasteiger partial charge in [0.05, 0.1) is 33.8 Å². The van der Waals surface area contributed by atoms with Crippen molar-refractivity contribution in [3.8, 4) is 17.1 Å². The van der Waals surface area contributed by atoms with Crippen molar-refractivity contribution in [2.75, 3.05) is 37.5 Å². The molecule has 0 aliphatic carbocycles. The maximum absolute atomic E-state index is 14.6. The minimum atomic E-state index is -0.527. The molecule has 4 aromatic rings. The van der Waals surface area contributed by atoms with Crippen LogP contribution < -0.4 is 20.3 Å². The summed E-state index contributed by atoms with van der Waals surface area (Å²) < 4.78 is 20.9.